The molecule has 0 spiro atoms. The smallest absolute Gasteiger partial charge is 0.267 e. The number of halogens is 1. The highest BCUT2D eigenvalue weighted by molar-refractivity contribution is 9.10. The lowest BCUT2D eigenvalue weighted by atomic mass is 10.2. The SMILES string of the molecule is CC1SCCN(c2nc[nH]c(=O)c2Br)C1C. The molecular weight excluding hydrogens is 290 g/mol. The zero-order valence-corrected chi connectivity index (χ0v) is 11.6. The van der Waals surface area contributed by atoms with Gasteiger partial charge in [-0.25, -0.2) is 4.98 Å². The van der Waals surface area contributed by atoms with E-state index in [1.807, 2.05) is 11.8 Å². The van der Waals surface area contributed by atoms with Gasteiger partial charge in [-0.05, 0) is 22.9 Å². The van der Waals surface area contributed by atoms with Crippen LogP contribution in [-0.4, -0.2) is 33.6 Å². The maximum Gasteiger partial charge on any atom is 0.267 e. The van der Waals surface area contributed by atoms with Gasteiger partial charge in [0.15, 0.2) is 5.82 Å². The van der Waals surface area contributed by atoms with E-state index in [0.717, 1.165) is 18.1 Å². The molecule has 1 aromatic rings. The second kappa shape index (κ2) is 4.79. The Kier molecular flexibility index (Phi) is 3.59. The number of hydrogen-bond donors (Lipinski definition) is 1. The van der Waals surface area contributed by atoms with Gasteiger partial charge >= 0.3 is 0 Å². The van der Waals surface area contributed by atoms with Gasteiger partial charge in [0.1, 0.15) is 4.47 Å². The summed E-state index contributed by atoms with van der Waals surface area (Å²) in [6, 6.07) is 0.393. The monoisotopic (exact) mass is 303 g/mol. The summed E-state index contributed by atoms with van der Waals surface area (Å²) >= 11 is 5.27. The Hall–Kier alpha value is -0.490. The largest absolute Gasteiger partial charge is 0.351 e. The second-order valence-corrected chi connectivity index (χ2v) is 6.16. The maximum atomic E-state index is 11.5. The van der Waals surface area contributed by atoms with Crippen molar-refractivity contribution in [3.05, 3.63) is 21.2 Å². The van der Waals surface area contributed by atoms with Crippen molar-refractivity contribution in [1.82, 2.24) is 9.97 Å². The van der Waals surface area contributed by atoms with Crippen molar-refractivity contribution in [2.45, 2.75) is 25.1 Å². The minimum Gasteiger partial charge on any atom is -0.351 e. The van der Waals surface area contributed by atoms with Crippen molar-refractivity contribution in [1.29, 1.82) is 0 Å². The van der Waals surface area contributed by atoms with Crippen LogP contribution in [-0.2, 0) is 0 Å². The van der Waals surface area contributed by atoms with E-state index in [9.17, 15) is 4.79 Å². The summed E-state index contributed by atoms with van der Waals surface area (Å²) in [4.78, 5) is 20.5. The highest BCUT2D eigenvalue weighted by atomic mass is 79.9. The summed E-state index contributed by atoms with van der Waals surface area (Å²) in [5, 5.41) is 0.557. The zero-order valence-electron chi connectivity index (χ0n) is 9.24. The third-order valence-electron chi connectivity index (χ3n) is 2.93. The number of hydrogen-bond acceptors (Lipinski definition) is 4. The van der Waals surface area contributed by atoms with Gasteiger partial charge in [0.2, 0.25) is 0 Å². The van der Waals surface area contributed by atoms with E-state index in [0.29, 0.717) is 15.8 Å². The van der Waals surface area contributed by atoms with Crippen LogP contribution in [0, 0.1) is 0 Å². The summed E-state index contributed by atoms with van der Waals surface area (Å²) < 4.78 is 0.529. The molecule has 0 radical (unpaired) electrons. The summed E-state index contributed by atoms with van der Waals surface area (Å²) in [6.07, 6.45) is 1.46. The summed E-state index contributed by atoms with van der Waals surface area (Å²) in [7, 11) is 0. The molecule has 1 aliphatic heterocycles. The van der Waals surface area contributed by atoms with Crippen LogP contribution >= 0.6 is 27.7 Å². The predicted octanol–water partition coefficient (Wildman–Crippen LogP) is 1.86. The first kappa shape index (κ1) is 12.0. The van der Waals surface area contributed by atoms with Crippen LogP contribution in [0.15, 0.2) is 15.6 Å². The molecule has 1 aromatic heterocycles. The topological polar surface area (TPSA) is 49.0 Å². The number of nitrogens with zero attached hydrogens (tertiary/aromatic N) is 2. The summed E-state index contributed by atoms with van der Waals surface area (Å²) in [6.45, 7) is 5.32. The average Bonchev–Trinajstić information content (AvgIpc) is 2.27. The van der Waals surface area contributed by atoms with Gasteiger partial charge in [0.05, 0.1) is 6.33 Å². The number of anilines is 1. The van der Waals surface area contributed by atoms with Crippen LogP contribution in [0.1, 0.15) is 13.8 Å². The Morgan fingerprint density at radius 2 is 2.38 bits per heavy atom. The fraction of sp³-hybridized carbons (Fsp3) is 0.600. The molecular formula is C10H14BrN3OS. The van der Waals surface area contributed by atoms with Crippen molar-refractivity contribution in [2.75, 3.05) is 17.2 Å². The van der Waals surface area contributed by atoms with E-state index in [-0.39, 0.29) is 5.56 Å². The Morgan fingerprint density at radius 3 is 3.12 bits per heavy atom. The third-order valence-corrected chi connectivity index (χ3v) is 4.99. The van der Waals surface area contributed by atoms with Crippen LogP contribution in [0.4, 0.5) is 5.82 Å². The van der Waals surface area contributed by atoms with E-state index in [4.69, 9.17) is 0 Å². The Balaban J connectivity index is 2.36. The van der Waals surface area contributed by atoms with E-state index in [2.05, 4.69) is 44.6 Å². The first-order chi connectivity index (χ1) is 7.61. The molecule has 0 aromatic carbocycles. The third kappa shape index (κ3) is 2.13. The van der Waals surface area contributed by atoms with Gasteiger partial charge in [-0.1, -0.05) is 6.92 Å². The quantitative estimate of drug-likeness (QED) is 0.860. The minimum atomic E-state index is -0.122. The second-order valence-electron chi connectivity index (χ2n) is 3.88. The van der Waals surface area contributed by atoms with Crippen molar-refractivity contribution >= 4 is 33.5 Å². The van der Waals surface area contributed by atoms with Crippen molar-refractivity contribution < 1.29 is 0 Å². The van der Waals surface area contributed by atoms with Crippen LogP contribution in [0.25, 0.3) is 0 Å². The molecule has 4 nitrogen and oxygen atoms in total. The maximum absolute atomic E-state index is 11.5. The number of nitrogens with one attached hydrogen (secondary N) is 1. The standard InChI is InChI=1S/C10H14BrN3OS/c1-6-7(2)16-4-3-14(6)9-8(11)10(15)13-5-12-9/h5-7H,3-4H2,1-2H3,(H,12,13,15). The highest BCUT2D eigenvalue weighted by Crippen LogP contribution is 2.30. The Labute approximate surface area is 107 Å². The minimum absolute atomic E-state index is 0.122. The number of rotatable bonds is 1. The molecule has 88 valence electrons. The number of thioether (sulfide) groups is 1. The van der Waals surface area contributed by atoms with Crippen LogP contribution < -0.4 is 10.5 Å². The van der Waals surface area contributed by atoms with Gasteiger partial charge < -0.3 is 9.88 Å². The van der Waals surface area contributed by atoms with Gasteiger partial charge in [0, 0.05) is 23.6 Å². The van der Waals surface area contributed by atoms with E-state index in [1.165, 1.54) is 6.33 Å². The number of H-pyrrole nitrogens is 1. The molecule has 0 aliphatic carbocycles. The zero-order chi connectivity index (χ0) is 11.7. The normalized spacial score (nSPS) is 25.8. The fourth-order valence-electron chi connectivity index (χ4n) is 1.81. The van der Waals surface area contributed by atoms with Crippen molar-refractivity contribution in [2.24, 2.45) is 0 Å². The molecule has 0 saturated carbocycles. The van der Waals surface area contributed by atoms with Gasteiger partial charge in [-0.15, -0.1) is 0 Å². The fourth-order valence-corrected chi connectivity index (χ4v) is 3.35. The molecule has 2 atom stereocenters. The van der Waals surface area contributed by atoms with Gasteiger partial charge in [-0.2, -0.15) is 11.8 Å². The Morgan fingerprint density at radius 1 is 1.62 bits per heavy atom. The van der Waals surface area contributed by atoms with Crippen LogP contribution in [0.5, 0.6) is 0 Å². The molecule has 1 saturated heterocycles. The molecule has 1 fully saturated rings. The van der Waals surface area contributed by atoms with Gasteiger partial charge in [-0.3, -0.25) is 4.79 Å². The molecule has 2 heterocycles. The first-order valence-corrected chi connectivity index (χ1v) is 7.07. The molecule has 1 aliphatic rings. The number of aromatic amines is 1. The highest BCUT2D eigenvalue weighted by Gasteiger charge is 2.27. The molecule has 16 heavy (non-hydrogen) atoms. The lowest BCUT2D eigenvalue weighted by Gasteiger charge is -2.38. The van der Waals surface area contributed by atoms with Crippen molar-refractivity contribution in [3.8, 4) is 0 Å². The summed E-state index contributed by atoms with van der Waals surface area (Å²) in [5.74, 6) is 1.83. The van der Waals surface area contributed by atoms with E-state index < -0.39 is 0 Å². The van der Waals surface area contributed by atoms with E-state index >= 15 is 0 Å². The molecule has 2 rings (SSSR count). The Bertz CT molecular complexity index is 436. The molecule has 2 unspecified atom stereocenters. The van der Waals surface area contributed by atoms with Crippen molar-refractivity contribution in [3.63, 3.8) is 0 Å². The van der Waals surface area contributed by atoms with E-state index in [1.54, 1.807) is 0 Å². The van der Waals surface area contributed by atoms with Crippen LogP contribution in [0.2, 0.25) is 0 Å². The molecule has 0 bridgehead atoms. The predicted molar refractivity (Wildman–Crippen MR) is 71.3 cm³/mol. The van der Waals surface area contributed by atoms with Crippen LogP contribution in [0.3, 0.4) is 0 Å². The first-order valence-electron chi connectivity index (χ1n) is 5.22. The average molecular weight is 304 g/mol. The lowest BCUT2D eigenvalue weighted by molar-refractivity contribution is 0.618. The molecule has 6 heteroatoms. The number of aromatic nitrogens is 2. The molecule has 0 amide bonds. The lowest BCUT2D eigenvalue weighted by Crippen LogP contribution is -2.45. The molecule has 1 N–H and O–H groups in total. The van der Waals surface area contributed by atoms with Gasteiger partial charge in [0.25, 0.3) is 5.56 Å². The summed E-state index contributed by atoms with van der Waals surface area (Å²) in [5.41, 5.74) is -0.122.